The second-order valence-corrected chi connectivity index (χ2v) is 6.02. The molecule has 0 aliphatic heterocycles. The predicted octanol–water partition coefficient (Wildman–Crippen LogP) is 3.51. The van der Waals surface area contributed by atoms with E-state index in [0.29, 0.717) is 12.1 Å². The third kappa shape index (κ3) is 3.74. The highest BCUT2D eigenvalue weighted by Gasteiger charge is 2.18. The van der Waals surface area contributed by atoms with Gasteiger partial charge >= 0.3 is 0 Å². The van der Waals surface area contributed by atoms with Gasteiger partial charge in [0.15, 0.2) is 0 Å². The number of carbonyl (C=O) groups is 1. The van der Waals surface area contributed by atoms with Crippen molar-refractivity contribution in [1.29, 1.82) is 0 Å². The minimum Gasteiger partial charge on any atom is -0.304 e. The van der Waals surface area contributed by atoms with Gasteiger partial charge in [0.2, 0.25) is 0 Å². The van der Waals surface area contributed by atoms with Crippen LogP contribution in [0.1, 0.15) is 15.9 Å². The highest BCUT2D eigenvalue weighted by molar-refractivity contribution is 6.06. The standard InChI is InChI=1S/C21H17N5O/c27-21(18-10-7-13-20(14-18)26-16-22-23-24-26)25(19-11-5-2-6-12-19)15-17-8-3-1-4-9-17/h1-14,16H,15H2. The van der Waals surface area contributed by atoms with Crippen molar-refractivity contribution in [3.63, 3.8) is 0 Å². The molecule has 0 fully saturated rings. The van der Waals surface area contributed by atoms with Gasteiger partial charge in [-0.1, -0.05) is 54.6 Å². The zero-order chi connectivity index (χ0) is 18.5. The monoisotopic (exact) mass is 355 g/mol. The van der Waals surface area contributed by atoms with Gasteiger partial charge in [-0.15, -0.1) is 5.10 Å². The second-order valence-electron chi connectivity index (χ2n) is 6.02. The first kappa shape index (κ1) is 16.7. The van der Waals surface area contributed by atoms with Crippen LogP contribution in [0.25, 0.3) is 5.69 Å². The van der Waals surface area contributed by atoms with Crippen LogP contribution in [0.15, 0.2) is 91.3 Å². The number of hydrogen-bond donors (Lipinski definition) is 0. The minimum absolute atomic E-state index is 0.0834. The number of carbonyl (C=O) groups excluding carboxylic acids is 1. The molecule has 0 aliphatic rings. The van der Waals surface area contributed by atoms with Crippen molar-refractivity contribution < 1.29 is 4.79 Å². The molecule has 1 amide bonds. The number of anilines is 1. The van der Waals surface area contributed by atoms with Gasteiger partial charge in [-0.3, -0.25) is 4.79 Å². The lowest BCUT2D eigenvalue weighted by atomic mass is 10.1. The van der Waals surface area contributed by atoms with E-state index in [-0.39, 0.29) is 5.91 Å². The van der Waals surface area contributed by atoms with Crippen LogP contribution < -0.4 is 4.90 Å². The molecule has 1 heterocycles. The molecule has 0 saturated carbocycles. The largest absolute Gasteiger partial charge is 0.304 e. The quantitative estimate of drug-likeness (QED) is 0.549. The average Bonchev–Trinajstić information content (AvgIpc) is 3.28. The third-order valence-electron chi connectivity index (χ3n) is 4.20. The molecule has 0 saturated heterocycles. The maximum Gasteiger partial charge on any atom is 0.258 e. The number of amides is 1. The Morgan fingerprint density at radius 2 is 1.63 bits per heavy atom. The fraction of sp³-hybridized carbons (Fsp3) is 0.0476. The number of rotatable bonds is 5. The Labute approximate surface area is 156 Å². The zero-order valence-corrected chi connectivity index (χ0v) is 14.5. The number of nitrogens with zero attached hydrogens (tertiary/aromatic N) is 5. The third-order valence-corrected chi connectivity index (χ3v) is 4.20. The van der Waals surface area contributed by atoms with Crippen molar-refractivity contribution >= 4 is 11.6 Å². The molecular formula is C21H17N5O. The van der Waals surface area contributed by atoms with Crippen LogP contribution in [0.3, 0.4) is 0 Å². The minimum atomic E-state index is -0.0834. The molecule has 0 N–H and O–H groups in total. The zero-order valence-electron chi connectivity index (χ0n) is 14.5. The van der Waals surface area contributed by atoms with E-state index >= 15 is 0 Å². The first-order valence-electron chi connectivity index (χ1n) is 8.55. The molecular weight excluding hydrogens is 338 g/mol. The molecule has 4 rings (SSSR count). The number of aromatic nitrogens is 4. The maximum absolute atomic E-state index is 13.3. The van der Waals surface area contributed by atoms with E-state index in [0.717, 1.165) is 16.9 Å². The van der Waals surface area contributed by atoms with Crippen molar-refractivity contribution in [3.8, 4) is 5.69 Å². The molecule has 0 unspecified atom stereocenters. The summed E-state index contributed by atoms with van der Waals surface area (Å²) in [5, 5.41) is 11.2. The predicted molar refractivity (Wildman–Crippen MR) is 103 cm³/mol. The summed E-state index contributed by atoms with van der Waals surface area (Å²) in [6.45, 7) is 0.485. The van der Waals surface area contributed by atoms with E-state index in [9.17, 15) is 4.79 Å². The van der Waals surface area contributed by atoms with Crippen LogP contribution in [0.4, 0.5) is 5.69 Å². The Morgan fingerprint density at radius 3 is 2.33 bits per heavy atom. The van der Waals surface area contributed by atoms with Gasteiger partial charge in [-0.05, 0) is 46.3 Å². The molecule has 0 atom stereocenters. The number of hydrogen-bond acceptors (Lipinski definition) is 4. The van der Waals surface area contributed by atoms with Crippen LogP contribution >= 0.6 is 0 Å². The molecule has 0 aliphatic carbocycles. The lowest BCUT2D eigenvalue weighted by Crippen LogP contribution is -2.30. The summed E-state index contributed by atoms with van der Waals surface area (Å²) in [6, 6.07) is 26.9. The maximum atomic E-state index is 13.3. The van der Waals surface area contributed by atoms with Crippen LogP contribution in [0.5, 0.6) is 0 Å². The lowest BCUT2D eigenvalue weighted by Gasteiger charge is -2.23. The molecule has 6 nitrogen and oxygen atoms in total. The van der Waals surface area contributed by atoms with E-state index in [4.69, 9.17) is 0 Å². The second kappa shape index (κ2) is 7.61. The van der Waals surface area contributed by atoms with E-state index in [1.54, 1.807) is 17.0 Å². The van der Waals surface area contributed by atoms with Gasteiger partial charge in [0, 0.05) is 11.3 Å². The van der Waals surface area contributed by atoms with Gasteiger partial charge < -0.3 is 4.90 Å². The van der Waals surface area contributed by atoms with E-state index in [2.05, 4.69) is 15.5 Å². The van der Waals surface area contributed by atoms with Crippen molar-refractivity contribution in [3.05, 3.63) is 102 Å². The number of para-hydroxylation sites is 1. The van der Waals surface area contributed by atoms with Crippen LogP contribution in [0, 0.1) is 0 Å². The lowest BCUT2D eigenvalue weighted by molar-refractivity contribution is 0.0985. The Kier molecular flexibility index (Phi) is 4.70. The molecule has 4 aromatic rings. The Morgan fingerprint density at radius 1 is 0.889 bits per heavy atom. The molecule has 3 aromatic carbocycles. The summed E-state index contributed by atoms with van der Waals surface area (Å²) in [6.07, 6.45) is 1.50. The first-order chi connectivity index (χ1) is 13.3. The van der Waals surface area contributed by atoms with E-state index in [1.807, 2.05) is 72.8 Å². The first-order valence-corrected chi connectivity index (χ1v) is 8.55. The van der Waals surface area contributed by atoms with Crippen molar-refractivity contribution in [2.45, 2.75) is 6.54 Å². The molecule has 6 heteroatoms. The Hall–Kier alpha value is -3.80. The summed E-state index contributed by atoms with van der Waals surface area (Å²) >= 11 is 0. The average molecular weight is 355 g/mol. The molecule has 0 bridgehead atoms. The van der Waals surface area contributed by atoms with Gasteiger partial charge in [0.1, 0.15) is 6.33 Å². The van der Waals surface area contributed by atoms with Crippen molar-refractivity contribution in [2.24, 2.45) is 0 Å². The SMILES string of the molecule is O=C(c1cccc(-n2cnnn2)c1)N(Cc1ccccc1)c1ccccc1. The Balaban J connectivity index is 1.69. The Bertz CT molecular complexity index is 1020. The highest BCUT2D eigenvalue weighted by Crippen LogP contribution is 2.21. The van der Waals surface area contributed by atoms with Crippen molar-refractivity contribution in [1.82, 2.24) is 20.2 Å². The number of benzene rings is 3. The van der Waals surface area contributed by atoms with E-state index < -0.39 is 0 Å². The summed E-state index contributed by atoms with van der Waals surface area (Å²) < 4.78 is 1.53. The normalized spacial score (nSPS) is 10.5. The molecule has 0 spiro atoms. The highest BCUT2D eigenvalue weighted by atomic mass is 16.2. The van der Waals surface area contributed by atoms with Gasteiger partial charge in [-0.2, -0.15) is 0 Å². The van der Waals surface area contributed by atoms with Crippen LogP contribution in [-0.4, -0.2) is 26.1 Å². The summed E-state index contributed by atoms with van der Waals surface area (Å²) in [5.74, 6) is -0.0834. The van der Waals surface area contributed by atoms with Gasteiger partial charge in [0.05, 0.1) is 12.2 Å². The topological polar surface area (TPSA) is 63.9 Å². The van der Waals surface area contributed by atoms with Gasteiger partial charge in [0.25, 0.3) is 5.91 Å². The smallest absolute Gasteiger partial charge is 0.258 e. The molecule has 0 radical (unpaired) electrons. The molecule has 132 valence electrons. The molecule has 27 heavy (non-hydrogen) atoms. The summed E-state index contributed by atoms with van der Waals surface area (Å²) in [7, 11) is 0. The number of tetrazole rings is 1. The summed E-state index contributed by atoms with van der Waals surface area (Å²) in [4.78, 5) is 15.1. The fourth-order valence-electron chi connectivity index (χ4n) is 2.87. The van der Waals surface area contributed by atoms with Crippen LogP contribution in [0.2, 0.25) is 0 Å². The summed E-state index contributed by atoms with van der Waals surface area (Å²) in [5.41, 5.74) is 3.21. The van der Waals surface area contributed by atoms with Gasteiger partial charge in [-0.25, -0.2) is 4.68 Å². The fourth-order valence-corrected chi connectivity index (χ4v) is 2.87. The molecule has 1 aromatic heterocycles. The van der Waals surface area contributed by atoms with Crippen LogP contribution in [-0.2, 0) is 6.54 Å². The van der Waals surface area contributed by atoms with E-state index in [1.165, 1.54) is 11.0 Å². The van der Waals surface area contributed by atoms with Crippen molar-refractivity contribution in [2.75, 3.05) is 4.90 Å².